The number of nitrogens with zero attached hydrogens (tertiary/aromatic N) is 1. The SMILES string of the molecule is CC(C)CN=C(NCC1CCS(=O)(=O)C1)NC1C2CCCOC2C1(C)C. The first-order chi connectivity index (χ1) is 12.2. The zero-order chi connectivity index (χ0) is 18.9. The van der Waals surface area contributed by atoms with Gasteiger partial charge in [-0.15, -0.1) is 0 Å². The molecule has 150 valence electrons. The Morgan fingerprint density at radius 1 is 1.31 bits per heavy atom. The Balaban J connectivity index is 1.62. The Bertz CT molecular complexity index is 630. The number of hydrogen-bond acceptors (Lipinski definition) is 4. The van der Waals surface area contributed by atoms with Gasteiger partial charge in [0.1, 0.15) is 0 Å². The maximum atomic E-state index is 11.7. The summed E-state index contributed by atoms with van der Waals surface area (Å²) >= 11 is 0. The lowest BCUT2D eigenvalue weighted by atomic mass is 9.55. The fourth-order valence-corrected chi connectivity index (χ4v) is 6.53. The van der Waals surface area contributed by atoms with Crippen molar-refractivity contribution in [2.45, 2.75) is 59.1 Å². The van der Waals surface area contributed by atoms with E-state index in [-0.39, 0.29) is 11.3 Å². The van der Waals surface area contributed by atoms with Crippen molar-refractivity contribution in [3.05, 3.63) is 0 Å². The molecule has 0 radical (unpaired) electrons. The highest BCUT2D eigenvalue weighted by molar-refractivity contribution is 7.91. The summed E-state index contributed by atoms with van der Waals surface area (Å²) in [5, 5.41) is 7.07. The molecule has 0 bridgehead atoms. The topological polar surface area (TPSA) is 79.8 Å². The molecule has 0 amide bonds. The number of guanidine groups is 1. The van der Waals surface area contributed by atoms with Gasteiger partial charge in [-0.25, -0.2) is 8.42 Å². The van der Waals surface area contributed by atoms with Gasteiger partial charge >= 0.3 is 0 Å². The van der Waals surface area contributed by atoms with Crippen LogP contribution in [-0.4, -0.2) is 57.7 Å². The van der Waals surface area contributed by atoms with E-state index in [0.717, 1.165) is 32.0 Å². The number of rotatable bonds is 5. The van der Waals surface area contributed by atoms with Crippen molar-refractivity contribution < 1.29 is 13.2 Å². The smallest absolute Gasteiger partial charge is 0.191 e. The predicted molar refractivity (Wildman–Crippen MR) is 105 cm³/mol. The van der Waals surface area contributed by atoms with E-state index in [1.165, 1.54) is 6.42 Å². The Hall–Kier alpha value is -0.820. The van der Waals surface area contributed by atoms with Crippen LogP contribution in [0.4, 0.5) is 0 Å². The van der Waals surface area contributed by atoms with Gasteiger partial charge in [0.05, 0.1) is 17.6 Å². The zero-order valence-corrected chi connectivity index (χ0v) is 17.4. The molecule has 4 atom stereocenters. The number of fused-ring (bicyclic) bond motifs is 1. The second-order valence-corrected chi connectivity index (χ2v) is 11.5. The molecule has 7 heteroatoms. The minimum Gasteiger partial charge on any atom is -0.377 e. The maximum absolute atomic E-state index is 11.7. The third-order valence-corrected chi connectivity index (χ3v) is 7.96. The van der Waals surface area contributed by atoms with Gasteiger partial charge in [-0.05, 0) is 31.1 Å². The van der Waals surface area contributed by atoms with Crippen LogP contribution in [0.3, 0.4) is 0 Å². The van der Waals surface area contributed by atoms with E-state index in [0.29, 0.717) is 42.0 Å². The number of nitrogens with one attached hydrogen (secondary N) is 2. The number of aliphatic imine (C=N–C) groups is 1. The van der Waals surface area contributed by atoms with Crippen molar-refractivity contribution in [3.8, 4) is 0 Å². The summed E-state index contributed by atoms with van der Waals surface area (Å²) in [4.78, 5) is 4.75. The lowest BCUT2D eigenvalue weighted by Crippen LogP contribution is -2.71. The summed E-state index contributed by atoms with van der Waals surface area (Å²) in [6.07, 6.45) is 3.41. The van der Waals surface area contributed by atoms with Crippen molar-refractivity contribution in [2.75, 3.05) is 31.2 Å². The fraction of sp³-hybridized carbons (Fsp3) is 0.947. The molecule has 3 fully saturated rings. The lowest BCUT2D eigenvalue weighted by molar-refractivity contribution is -0.188. The average Bonchev–Trinajstić information content (AvgIpc) is 2.93. The molecule has 6 nitrogen and oxygen atoms in total. The summed E-state index contributed by atoms with van der Waals surface area (Å²) in [5.74, 6) is 2.65. The minimum atomic E-state index is -2.84. The lowest BCUT2D eigenvalue weighted by Gasteiger charge is -2.60. The van der Waals surface area contributed by atoms with Crippen LogP contribution in [0.1, 0.15) is 47.0 Å². The van der Waals surface area contributed by atoms with Crippen molar-refractivity contribution in [3.63, 3.8) is 0 Å². The van der Waals surface area contributed by atoms with Gasteiger partial charge in [0.2, 0.25) is 0 Å². The van der Waals surface area contributed by atoms with E-state index in [4.69, 9.17) is 9.73 Å². The Labute approximate surface area is 158 Å². The average molecular weight is 386 g/mol. The monoisotopic (exact) mass is 385 g/mol. The summed E-state index contributed by atoms with van der Waals surface area (Å²) in [7, 11) is -2.84. The fourth-order valence-electron chi connectivity index (χ4n) is 4.66. The molecule has 4 unspecified atom stereocenters. The van der Waals surface area contributed by atoms with Crippen molar-refractivity contribution in [1.82, 2.24) is 10.6 Å². The largest absolute Gasteiger partial charge is 0.377 e. The third kappa shape index (κ3) is 4.35. The van der Waals surface area contributed by atoms with Crippen LogP contribution in [0.15, 0.2) is 4.99 Å². The molecule has 2 aliphatic heterocycles. The molecule has 0 aromatic carbocycles. The second kappa shape index (κ2) is 7.66. The van der Waals surface area contributed by atoms with Gasteiger partial charge in [0, 0.05) is 37.1 Å². The first-order valence-corrected chi connectivity index (χ1v) is 11.9. The molecule has 26 heavy (non-hydrogen) atoms. The van der Waals surface area contributed by atoms with Gasteiger partial charge in [0.15, 0.2) is 15.8 Å². The summed E-state index contributed by atoms with van der Waals surface area (Å²) in [5.41, 5.74) is 0.0854. The quantitative estimate of drug-likeness (QED) is 0.557. The molecule has 2 N–H and O–H groups in total. The Morgan fingerprint density at radius 2 is 2.08 bits per heavy atom. The number of hydrogen-bond donors (Lipinski definition) is 2. The predicted octanol–water partition coefficient (Wildman–Crippen LogP) is 1.82. The van der Waals surface area contributed by atoms with Gasteiger partial charge < -0.3 is 15.4 Å². The third-order valence-electron chi connectivity index (χ3n) is 6.12. The molecule has 3 aliphatic rings. The van der Waals surface area contributed by atoms with Crippen LogP contribution < -0.4 is 10.6 Å². The van der Waals surface area contributed by atoms with Crippen molar-refractivity contribution in [2.24, 2.45) is 28.2 Å². The molecule has 2 saturated heterocycles. The van der Waals surface area contributed by atoms with Crippen molar-refractivity contribution in [1.29, 1.82) is 0 Å². The molecule has 0 aromatic rings. The normalized spacial score (nSPS) is 35.7. The second-order valence-electron chi connectivity index (χ2n) is 9.27. The zero-order valence-electron chi connectivity index (χ0n) is 16.6. The van der Waals surface area contributed by atoms with E-state index in [9.17, 15) is 8.42 Å². The van der Waals surface area contributed by atoms with Crippen LogP contribution >= 0.6 is 0 Å². The standard InChI is InChI=1S/C19H35N3O3S/c1-13(2)10-20-18(21-11-14-7-9-26(23,24)12-14)22-16-15-6-5-8-25-17(15)19(16,3)4/h13-17H,5-12H2,1-4H3,(H2,20,21,22). The highest BCUT2D eigenvalue weighted by Gasteiger charge is 2.58. The summed E-state index contributed by atoms with van der Waals surface area (Å²) in [6.45, 7) is 11.1. The minimum absolute atomic E-state index is 0.0854. The molecule has 1 aliphatic carbocycles. The van der Waals surface area contributed by atoms with Gasteiger partial charge in [-0.2, -0.15) is 0 Å². The molecular formula is C19H35N3O3S. The van der Waals surface area contributed by atoms with E-state index in [1.54, 1.807) is 0 Å². The molecule has 1 saturated carbocycles. The van der Waals surface area contributed by atoms with E-state index >= 15 is 0 Å². The summed E-state index contributed by atoms with van der Waals surface area (Å²) in [6, 6.07) is 0.346. The molecule has 0 aromatic heterocycles. The van der Waals surface area contributed by atoms with Gasteiger partial charge in [-0.3, -0.25) is 4.99 Å². The highest BCUT2D eigenvalue weighted by Crippen LogP contribution is 2.51. The van der Waals surface area contributed by atoms with Crippen LogP contribution in [0, 0.1) is 23.2 Å². The van der Waals surface area contributed by atoms with Crippen LogP contribution in [-0.2, 0) is 14.6 Å². The summed E-state index contributed by atoms with van der Waals surface area (Å²) < 4.78 is 29.4. The molecule has 3 rings (SSSR count). The maximum Gasteiger partial charge on any atom is 0.191 e. The number of sulfone groups is 1. The highest BCUT2D eigenvalue weighted by atomic mass is 32.2. The van der Waals surface area contributed by atoms with Crippen LogP contribution in [0.25, 0.3) is 0 Å². The van der Waals surface area contributed by atoms with Gasteiger partial charge in [0.25, 0.3) is 0 Å². The molecular weight excluding hydrogens is 350 g/mol. The van der Waals surface area contributed by atoms with E-state index < -0.39 is 9.84 Å². The van der Waals surface area contributed by atoms with Crippen LogP contribution in [0.5, 0.6) is 0 Å². The van der Waals surface area contributed by atoms with E-state index in [2.05, 4.69) is 38.3 Å². The van der Waals surface area contributed by atoms with E-state index in [1.807, 2.05) is 0 Å². The molecule has 2 heterocycles. The van der Waals surface area contributed by atoms with Crippen molar-refractivity contribution >= 4 is 15.8 Å². The van der Waals surface area contributed by atoms with Crippen LogP contribution in [0.2, 0.25) is 0 Å². The Kier molecular flexibility index (Phi) is 5.87. The first-order valence-electron chi connectivity index (χ1n) is 10.1. The number of ether oxygens (including phenoxy) is 1. The van der Waals surface area contributed by atoms with Gasteiger partial charge in [-0.1, -0.05) is 27.7 Å². The molecule has 0 spiro atoms. The Morgan fingerprint density at radius 3 is 2.73 bits per heavy atom. The first kappa shape index (κ1) is 19.9.